The van der Waals surface area contributed by atoms with E-state index in [1.165, 1.54) is 11.3 Å². The van der Waals surface area contributed by atoms with Gasteiger partial charge in [-0.25, -0.2) is 0 Å². The van der Waals surface area contributed by atoms with Gasteiger partial charge in [-0.2, -0.15) is 0 Å². The maximum atomic E-state index is 6.11. The molecule has 15 heavy (non-hydrogen) atoms. The summed E-state index contributed by atoms with van der Waals surface area (Å²) in [6.07, 6.45) is 0. The zero-order chi connectivity index (χ0) is 11.0. The number of aryl methyl sites for hydroxylation is 1. The van der Waals surface area contributed by atoms with E-state index in [-0.39, 0.29) is 0 Å². The first-order valence-corrected chi connectivity index (χ1v) is 5.69. The maximum absolute atomic E-state index is 6.11. The molecule has 1 aliphatic heterocycles. The Morgan fingerprint density at radius 2 is 1.80 bits per heavy atom. The Kier molecular flexibility index (Phi) is 2.59. The molecule has 0 saturated carbocycles. The third kappa shape index (κ3) is 1.81. The molecule has 1 fully saturated rings. The van der Waals surface area contributed by atoms with Gasteiger partial charge in [0.05, 0.1) is 11.4 Å². The summed E-state index contributed by atoms with van der Waals surface area (Å²) in [5.74, 6) is 1.54. The number of hydrogen-bond acceptors (Lipinski definition) is 2. The van der Waals surface area contributed by atoms with Crippen molar-refractivity contribution in [1.82, 2.24) is 0 Å². The Labute approximate surface area is 92.1 Å². The maximum Gasteiger partial charge on any atom is 0.0602 e. The van der Waals surface area contributed by atoms with Crippen molar-refractivity contribution in [3.05, 3.63) is 23.8 Å². The van der Waals surface area contributed by atoms with Crippen molar-refractivity contribution in [3.8, 4) is 0 Å². The van der Waals surface area contributed by atoms with E-state index in [1.54, 1.807) is 0 Å². The van der Waals surface area contributed by atoms with Crippen LogP contribution in [0.1, 0.15) is 19.4 Å². The first-order chi connectivity index (χ1) is 7.09. The van der Waals surface area contributed by atoms with Gasteiger partial charge in [-0.05, 0) is 30.4 Å². The van der Waals surface area contributed by atoms with E-state index >= 15 is 0 Å². The third-order valence-electron chi connectivity index (χ3n) is 3.63. The van der Waals surface area contributed by atoms with Crippen molar-refractivity contribution in [1.29, 1.82) is 0 Å². The topological polar surface area (TPSA) is 29.3 Å². The molecule has 1 heterocycles. The van der Waals surface area contributed by atoms with Crippen molar-refractivity contribution in [2.75, 3.05) is 23.7 Å². The fourth-order valence-electron chi connectivity index (χ4n) is 2.27. The number of nitrogens with two attached hydrogens (primary N) is 1. The van der Waals surface area contributed by atoms with Crippen LogP contribution in [0, 0.1) is 18.8 Å². The van der Waals surface area contributed by atoms with Crippen LogP contribution in [0.25, 0.3) is 0 Å². The normalized spacial score (nSPS) is 25.9. The number of para-hydroxylation sites is 1. The molecule has 2 heteroatoms. The van der Waals surface area contributed by atoms with Gasteiger partial charge in [0.25, 0.3) is 0 Å². The van der Waals surface area contributed by atoms with Crippen LogP contribution in [0.5, 0.6) is 0 Å². The summed E-state index contributed by atoms with van der Waals surface area (Å²) in [6.45, 7) is 8.97. The summed E-state index contributed by atoms with van der Waals surface area (Å²) in [4.78, 5) is 2.41. The Morgan fingerprint density at radius 1 is 1.20 bits per heavy atom. The average Bonchev–Trinajstić information content (AvgIpc) is 2.51. The van der Waals surface area contributed by atoms with E-state index in [1.807, 2.05) is 0 Å². The van der Waals surface area contributed by atoms with Crippen molar-refractivity contribution in [3.63, 3.8) is 0 Å². The minimum Gasteiger partial charge on any atom is -0.397 e. The Morgan fingerprint density at radius 3 is 2.40 bits per heavy atom. The average molecular weight is 204 g/mol. The molecule has 0 aromatic heterocycles. The van der Waals surface area contributed by atoms with Gasteiger partial charge in [-0.15, -0.1) is 0 Å². The second kappa shape index (κ2) is 3.76. The number of hydrogen-bond donors (Lipinski definition) is 1. The monoisotopic (exact) mass is 204 g/mol. The number of nitrogens with zero attached hydrogens (tertiary/aromatic N) is 1. The molecule has 2 N–H and O–H groups in total. The molecule has 1 saturated heterocycles. The van der Waals surface area contributed by atoms with E-state index in [0.29, 0.717) is 0 Å². The number of benzene rings is 1. The van der Waals surface area contributed by atoms with Crippen LogP contribution in [-0.4, -0.2) is 13.1 Å². The van der Waals surface area contributed by atoms with E-state index in [2.05, 4.69) is 43.9 Å². The van der Waals surface area contributed by atoms with E-state index in [0.717, 1.165) is 30.6 Å². The van der Waals surface area contributed by atoms with Gasteiger partial charge in [0.15, 0.2) is 0 Å². The van der Waals surface area contributed by atoms with Gasteiger partial charge in [-0.3, -0.25) is 0 Å². The molecule has 2 rings (SSSR count). The second-order valence-corrected chi connectivity index (χ2v) is 4.87. The molecular formula is C13H20N2. The molecule has 0 aliphatic carbocycles. The zero-order valence-electron chi connectivity index (χ0n) is 9.83. The molecule has 0 bridgehead atoms. The highest BCUT2D eigenvalue weighted by Gasteiger charge is 2.27. The number of rotatable bonds is 1. The largest absolute Gasteiger partial charge is 0.397 e. The summed E-state index contributed by atoms with van der Waals surface area (Å²) < 4.78 is 0. The predicted molar refractivity (Wildman–Crippen MR) is 66.1 cm³/mol. The highest BCUT2D eigenvalue weighted by Crippen LogP contribution is 2.32. The van der Waals surface area contributed by atoms with Gasteiger partial charge in [0.1, 0.15) is 0 Å². The van der Waals surface area contributed by atoms with Crippen LogP contribution in [0.15, 0.2) is 18.2 Å². The molecule has 2 atom stereocenters. The predicted octanol–water partition coefficient (Wildman–Crippen LogP) is 2.67. The fourth-order valence-corrected chi connectivity index (χ4v) is 2.27. The van der Waals surface area contributed by atoms with Crippen molar-refractivity contribution >= 4 is 11.4 Å². The van der Waals surface area contributed by atoms with Crippen LogP contribution >= 0.6 is 0 Å². The number of nitrogen functional groups attached to an aromatic ring is 1. The Hall–Kier alpha value is -1.18. The van der Waals surface area contributed by atoms with Crippen LogP contribution in [0.4, 0.5) is 11.4 Å². The standard InChI is InChI=1S/C13H20N2/c1-9-5-4-6-12(13(9)14)15-7-10(2)11(3)8-15/h4-6,10-11H,7-8,14H2,1-3H3. The molecule has 0 amide bonds. The van der Waals surface area contributed by atoms with Crippen LogP contribution in [0.2, 0.25) is 0 Å². The summed E-state index contributed by atoms with van der Waals surface area (Å²) in [7, 11) is 0. The minimum atomic E-state index is 0.768. The summed E-state index contributed by atoms with van der Waals surface area (Å²) >= 11 is 0. The second-order valence-electron chi connectivity index (χ2n) is 4.87. The van der Waals surface area contributed by atoms with Crippen molar-refractivity contribution < 1.29 is 0 Å². The highest BCUT2D eigenvalue weighted by molar-refractivity contribution is 5.71. The van der Waals surface area contributed by atoms with Crippen LogP contribution in [-0.2, 0) is 0 Å². The van der Waals surface area contributed by atoms with E-state index < -0.39 is 0 Å². The van der Waals surface area contributed by atoms with E-state index in [9.17, 15) is 0 Å². The molecular weight excluding hydrogens is 184 g/mol. The van der Waals surface area contributed by atoms with Gasteiger partial charge < -0.3 is 10.6 Å². The summed E-state index contributed by atoms with van der Waals surface area (Å²) in [6, 6.07) is 6.30. The fraction of sp³-hybridized carbons (Fsp3) is 0.538. The Bertz CT molecular complexity index is 350. The van der Waals surface area contributed by atoms with Crippen LogP contribution in [0.3, 0.4) is 0 Å². The molecule has 1 aliphatic rings. The lowest BCUT2D eigenvalue weighted by molar-refractivity contribution is 0.494. The third-order valence-corrected chi connectivity index (χ3v) is 3.63. The van der Waals surface area contributed by atoms with Crippen molar-refractivity contribution in [2.24, 2.45) is 11.8 Å². The minimum absolute atomic E-state index is 0.768. The lowest BCUT2D eigenvalue weighted by atomic mass is 10.0. The smallest absolute Gasteiger partial charge is 0.0602 e. The highest BCUT2D eigenvalue weighted by atomic mass is 15.2. The van der Waals surface area contributed by atoms with Gasteiger partial charge in [-0.1, -0.05) is 26.0 Å². The SMILES string of the molecule is Cc1cccc(N2CC(C)C(C)C2)c1N. The molecule has 0 spiro atoms. The first-order valence-electron chi connectivity index (χ1n) is 5.69. The molecule has 0 radical (unpaired) electrons. The first kappa shape index (κ1) is 10.3. The lowest BCUT2D eigenvalue weighted by Crippen LogP contribution is -2.21. The van der Waals surface area contributed by atoms with Gasteiger partial charge in [0.2, 0.25) is 0 Å². The molecule has 82 valence electrons. The van der Waals surface area contributed by atoms with Gasteiger partial charge in [0, 0.05) is 13.1 Å². The molecule has 2 nitrogen and oxygen atoms in total. The molecule has 1 aromatic rings. The van der Waals surface area contributed by atoms with Gasteiger partial charge >= 0.3 is 0 Å². The Balaban J connectivity index is 2.27. The summed E-state index contributed by atoms with van der Waals surface area (Å²) in [5, 5.41) is 0. The summed E-state index contributed by atoms with van der Waals surface area (Å²) in [5.41, 5.74) is 9.45. The lowest BCUT2D eigenvalue weighted by Gasteiger charge is -2.21. The molecule has 1 aromatic carbocycles. The zero-order valence-corrected chi connectivity index (χ0v) is 9.83. The molecule has 2 unspecified atom stereocenters. The number of anilines is 2. The quantitative estimate of drug-likeness (QED) is 0.713. The van der Waals surface area contributed by atoms with Crippen LogP contribution < -0.4 is 10.6 Å². The van der Waals surface area contributed by atoms with Crippen molar-refractivity contribution in [2.45, 2.75) is 20.8 Å². The van der Waals surface area contributed by atoms with E-state index in [4.69, 9.17) is 5.73 Å².